The number of hydrogen-bond acceptors (Lipinski definition) is 2. The molecule has 0 atom stereocenters. The second-order valence-corrected chi connectivity index (χ2v) is 7.97. The van der Waals surface area contributed by atoms with Crippen LogP contribution in [0.25, 0.3) is 5.32 Å². The maximum atomic E-state index is 4.50. The Morgan fingerprint density at radius 2 is 0.968 bits per heavy atom. The van der Waals surface area contributed by atoms with Gasteiger partial charge in [0, 0.05) is 39.3 Å². The van der Waals surface area contributed by atoms with Gasteiger partial charge in [-0.2, -0.15) is 0 Å². The molecule has 3 heterocycles. The molecule has 4 heteroatoms. The number of likely N-dealkylation sites (tertiary alicyclic amines) is 2. The summed E-state index contributed by atoms with van der Waals surface area (Å²) in [4.78, 5) is 5.39. The predicted molar refractivity (Wildman–Crippen MR) is 140 cm³/mol. The maximum absolute atomic E-state index is 4.50. The Morgan fingerprint density at radius 3 is 1.42 bits per heavy atom. The molecule has 1 radical (unpaired) electrons. The van der Waals surface area contributed by atoms with Crippen LogP contribution in [0.2, 0.25) is 0 Å². The van der Waals surface area contributed by atoms with Crippen molar-refractivity contribution >= 4 is 0 Å². The number of hydrogen-bond donors (Lipinski definition) is 0. The van der Waals surface area contributed by atoms with Crippen molar-refractivity contribution < 1.29 is 32.7 Å². The number of rotatable bonds is 5. The normalized spacial score (nSPS) is 20.8. The van der Waals surface area contributed by atoms with Crippen molar-refractivity contribution in [3.8, 4) is 0 Å². The molecule has 0 aromatic carbocycles. The molecule has 3 aliphatic heterocycles. The average Bonchev–Trinajstić information content (AvgIpc) is 2.86. The van der Waals surface area contributed by atoms with E-state index in [1.165, 1.54) is 84.2 Å². The van der Waals surface area contributed by atoms with Crippen molar-refractivity contribution in [3.05, 3.63) is 5.32 Å². The van der Waals surface area contributed by atoms with E-state index in [0.29, 0.717) is 0 Å². The first kappa shape index (κ1) is 36.6. The molecule has 3 aliphatic rings. The van der Waals surface area contributed by atoms with Gasteiger partial charge in [-0.1, -0.05) is 75.2 Å². The minimum atomic E-state index is 0. The van der Waals surface area contributed by atoms with E-state index in [1.54, 1.807) is 0 Å². The van der Waals surface area contributed by atoms with Gasteiger partial charge in [-0.25, -0.2) is 0 Å². The minimum absolute atomic E-state index is 0. The van der Waals surface area contributed by atoms with Crippen molar-refractivity contribution in [1.82, 2.24) is 9.80 Å². The summed E-state index contributed by atoms with van der Waals surface area (Å²) >= 11 is 0. The Labute approximate surface area is 224 Å². The van der Waals surface area contributed by atoms with Crippen LogP contribution in [0.1, 0.15) is 107 Å². The molecule has 0 spiro atoms. The second kappa shape index (κ2) is 27.2. The molecule has 0 saturated carbocycles. The summed E-state index contributed by atoms with van der Waals surface area (Å²) in [7, 11) is 0. The number of piperidine rings is 3. The standard InChI is InChI=1S/C19H36N3.4C2H6.Y/c1-2-21-11-7-19(8-12-21)16-22-13-5-18(6-14-22)15-17-3-9-20-10-4-17;4*1-2;/h17-19H,2-16H2,1H3;4*1-2H3;/q-1;;;;;. The molecule has 0 aromatic heterocycles. The monoisotopic (exact) mass is 515 g/mol. The van der Waals surface area contributed by atoms with E-state index >= 15 is 0 Å². The SMILES string of the molecule is CC.CC.CC.CC.CCN1CCC(CN2CCC(CC3CC[N-]CC3)CC2)CC1.[Y]. The third kappa shape index (κ3) is 17.1. The van der Waals surface area contributed by atoms with E-state index in [2.05, 4.69) is 22.0 Å². The third-order valence-electron chi connectivity index (χ3n) is 6.44. The largest absolute Gasteiger partial charge is 0.662 e. The van der Waals surface area contributed by atoms with Crippen molar-refractivity contribution in [2.45, 2.75) is 107 Å². The van der Waals surface area contributed by atoms with Gasteiger partial charge < -0.3 is 15.1 Å². The molecule has 0 amide bonds. The van der Waals surface area contributed by atoms with Crippen LogP contribution in [0.4, 0.5) is 0 Å². The molecule has 0 aliphatic carbocycles. The fraction of sp³-hybridized carbons (Fsp3) is 1.00. The predicted octanol–water partition coefficient (Wildman–Crippen LogP) is 7.71. The Kier molecular flexibility index (Phi) is 32.1. The Bertz CT molecular complexity index is 306. The molecule has 0 bridgehead atoms. The van der Waals surface area contributed by atoms with E-state index < -0.39 is 0 Å². The van der Waals surface area contributed by atoms with Crippen molar-refractivity contribution in [1.29, 1.82) is 0 Å². The van der Waals surface area contributed by atoms with E-state index in [1.807, 2.05) is 55.4 Å². The summed E-state index contributed by atoms with van der Waals surface area (Å²) in [5.41, 5.74) is 0. The molecule has 187 valence electrons. The molecule has 3 nitrogen and oxygen atoms in total. The number of nitrogens with zero attached hydrogens (tertiary/aromatic N) is 3. The zero-order valence-corrected chi connectivity index (χ0v) is 26.1. The van der Waals surface area contributed by atoms with Gasteiger partial charge in [-0.05, 0) is 82.6 Å². The first-order chi connectivity index (χ1) is 14.8. The fourth-order valence-corrected chi connectivity index (χ4v) is 4.77. The Hall–Kier alpha value is 0.984. The van der Waals surface area contributed by atoms with Crippen LogP contribution >= 0.6 is 0 Å². The van der Waals surface area contributed by atoms with Gasteiger partial charge in [0.05, 0.1) is 0 Å². The minimum Gasteiger partial charge on any atom is -0.662 e. The summed E-state index contributed by atoms with van der Waals surface area (Å²) in [5.74, 6) is 2.98. The van der Waals surface area contributed by atoms with Gasteiger partial charge >= 0.3 is 0 Å². The van der Waals surface area contributed by atoms with Gasteiger partial charge in [0.1, 0.15) is 0 Å². The summed E-state index contributed by atoms with van der Waals surface area (Å²) in [6.45, 7) is 28.6. The first-order valence-electron chi connectivity index (χ1n) is 13.9. The van der Waals surface area contributed by atoms with Gasteiger partial charge in [-0.3, -0.25) is 0 Å². The van der Waals surface area contributed by atoms with Gasteiger partial charge in [0.25, 0.3) is 0 Å². The zero-order valence-electron chi connectivity index (χ0n) is 23.3. The Morgan fingerprint density at radius 1 is 0.581 bits per heavy atom. The third-order valence-corrected chi connectivity index (χ3v) is 6.44. The van der Waals surface area contributed by atoms with E-state index in [4.69, 9.17) is 0 Å². The zero-order chi connectivity index (χ0) is 23.2. The summed E-state index contributed by atoms with van der Waals surface area (Å²) in [5, 5.41) is 4.50. The van der Waals surface area contributed by atoms with Crippen LogP contribution < -0.4 is 0 Å². The molecule has 0 unspecified atom stereocenters. The van der Waals surface area contributed by atoms with Crippen LogP contribution in [0.3, 0.4) is 0 Å². The molecule has 3 saturated heterocycles. The first-order valence-corrected chi connectivity index (χ1v) is 13.9. The smallest absolute Gasteiger partial charge is 0.00106 e. The topological polar surface area (TPSA) is 20.6 Å². The van der Waals surface area contributed by atoms with Gasteiger partial charge in [0.2, 0.25) is 0 Å². The summed E-state index contributed by atoms with van der Waals surface area (Å²) in [6.07, 6.45) is 10.0. The van der Waals surface area contributed by atoms with Crippen LogP contribution in [0.15, 0.2) is 0 Å². The molecule has 3 rings (SSSR count). The average molecular weight is 516 g/mol. The molecule has 0 aromatic rings. The van der Waals surface area contributed by atoms with Gasteiger partial charge in [-0.15, -0.1) is 13.1 Å². The van der Waals surface area contributed by atoms with Crippen molar-refractivity contribution in [2.24, 2.45) is 17.8 Å². The van der Waals surface area contributed by atoms with Crippen LogP contribution in [-0.4, -0.2) is 62.2 Å². The Balaban J connectivity index is -0.000000785. The molecule has 0 N–H and O–H groups in total. The van der Waals surface area contributed by atoms with E-state index in [-0.39, 0.29) is 32.7 Å². The molecular formula is C27H60N3Y-. The van der Waals surface area contributed by atoms with Crippen LogP contribution in [0.5, 0.6) is 0 Å². The van der Waals surface area contributed by atoms with Gasteiger partial charge in [0.15, 0.2) is 0 Å². The van der Waals surface area contributed by atoms with E-state index in [0.717, 1.165) is 30.8 Å². The molecular weight excluding hydrogens is 455 g/mol. The quantitative estimate of drug-likeness (QED) is 0.374. The van der Waals surface area contributed by atoms with Crippen LogP contribution in [0, 0.1) is 17.8 Å². The summed E-state index contributed by atoms with van der Waals surface area (Å²) < 4.78 is 0. The molecule has 3 fully saturated rings. The molecule has 31 heavy (non-hydrogen) atoms. The van der Waals surface area contributed by atoms with Crippen molar-refractivity contribution in [2.75, 3.05) is 52.4 Å². The van der Waals surface area contributed by atoms with Crippen molar-refractivity contribution in [3.63, 3.8) is 0 Å². The fourth-order valence-electron chi connectivity index (χ4n) is 4.77. The van der Waals surface area contributed by atoms with E-state index in [9.17, 15) is 0 Å². The van der Waals surface area contributed by atoms with Crippen LogP contribution in [-0.2, 0) is 32.7 Å². The maximum Gasteiger partial charge on any atom is 0.00106 e. The summed E-state index contributed by atoms with van der Waals surface area (Å²) in [6, 6.07) is 0. The second-order valence-electron chi connectivity index (χ2n) is 7.97.